The van der Waals surface area contributed by atoms with Gasteiger partial charge in [-0.05, 0) is 33.6 Å². The maximum atomic E-state index is 12.0. The smallest absolute Gasteiger partial charge is 0.410 e. The van der Waals surface area contributed by atoms with E-state index in [0.717, 1.165) is 12.8 Å². The number of piperidine rings is 1. The van der Waals surface area contributed by atoms with Gasteiger partial charge in [-0.25, -0.2) is 4.79 Å². The fourth-order valence-corrected chi connectivity index (χ4v) is 2.29. The van der Waals surface area contributed by atoms with Crippen molar-refractivity contribution in [2.45, 2.75) is 45.3 Å². The van der Waals surface area contributed by atoms with Gasteiger partial charge in [-0.2, -0.15) is 0 Å². The van der Waals surface area contributed by atoms with Crippen molar-refractivity contribution in [2.24, 2.45) is 11.7 Å². The maximum absolute atomic E-state index is 12.0. The highest BCUT2D eigenvalue weighted by Gasteiger charge is 2.34. The monoisotopic (exact) mass is 272 g/mol. The lowest BCUT2D eigenvalue weighted by Crippen LogP contribution is -2.48. The van der Waals surface area contributed by atoms with Gasteiger partial charge in [0.05, 0.1) is 0 Å². The SMILES string of the molecule is COC(C(N)=O)C1CCCN(C(=O)OC(C)(C)C)C1. The Kier molecular flexibility index (Phi) is 5.17. The fourth-order valence-electron chi connectivity index (χ4n) is 2.29. The fraction of sp³-hybridized carbons (Fsp3) is 0.846. The van der Waals surface area contributed by atoms with Crippen LogP contribution in [0, 0.1) is 5.92 Å². The lowest BCUT2D eigenvalue weighted by molar-refractivity contribution is -0.132. The molecule has 0 aromatic heterocycles. The summed E-state index contributed by atoms with van der Waals surface area (Å²) in [6.07, 6.45) is 0.638. The van der Waals surface area contributed by atoms with Gasteiger partial charge in [0.2, 0.25) is 5.91 Å². The summed E-state index contributed by atoms with van der Waals surface area (Å²) >= 11 is 0. The van der Waals surface area contributed by atoms with Crippen molar-refractivity contribution in [3.8, 4) is 0 Å². The zero-order valence-electron chi connectivity index (χ0n) is 12.1. The quantitative estimate of drug-likeness (QED) is 0.835. The van der Waals surface area contributed by atoms with Crippen LogP contribution in [0.4, 0.5) is 4.79 Å². The lowest BCUT2D eigenvalue weighted by atomic mass is 9.92. The number of carbonyl (C=O) groups is 2. The molecule has 1 saturated heterocycles. The van der Waals surface area contributed by atoms with Crippen molar-refractivity contribution in [1.82, 2.24) is 4.90 Å². The van der Waals surface area contributed by atoms with Crippen molar-refractivity contribution >= 4 is 12.0 Å². The first-order valence-corrected chi connectivity index (χ1v) is 6.54. The zero-order chi connectivity index (χ0) is 14.6. The average Bonchev–Trinajstić information content (AvgIpc) is 2.27. The third-order valence-corrected chi connectivity index (χ3v) is 3.07. The third-order valence-electron chi connectivity index (χ3n) is 3.07. The van der Waals surface area contributed by atoms with Gasteiger partial charge in [0.1, 0.15) is 11.7 Å². The Hall–Kier alpha value is -1.30. The molecule has 1 heterocycles. The number of carbonyl (C=O) groups excluding carboxylic acids is 2. The maximum Gasteiger partial charge on any atom is 0.410 e. The minimum Gasteiger partial charge on any atom is -0.444 e. The van der Waals surface area contributed by atoms with Crippen molar-refractivity contribution < 1.29 is 19.1 Å². The van der Waals surface area contributed by atoms with E-state index in [4.69, 9.17) is 15.2 Å². The van der Waals surface area contributed by atoms with E-state index in [1.165, 1.54) is 7.11 Å². The van der Waals surface area contributed by atoms with Crippen LogP contribution in [-0.2, 0) is 14.3 Å². The van der Waals surface area contributed by atoms with Crippen molar-refractivity contribution in [3.05, 3.63) is 0 Å². The van der Waals surface area contributed by atoms with Crippen LogP contribution in [0.25, 0.3) is 0 Å². The molecule has 1 fully saturated rings. The Labute approximate surface area is 114 Å². The summed E-state index contributed by atoms with van der Waals surface area (Å²) in [5.41, 5.74) is 4.78. The van der Waals surface area contributed by atoms with E-state index >= 15 is 0 Å². The summed E-state index contributed by atoms with van der Waals surface area (Å²) in [7, 11) is 1.46. The summed E-state index contributed by atoms with van der Waals surface area (Å²) in [4.78, 5) is 24.9. The Balaban J connectivity index is 2.64. The second kappa shape index (κ2) is 6.23. The van der Waals surface area contributed by atoms with E-state index in [1.807, 2.05) is 20.8 Å². The van der Waals surface area contributed by atoms with Gasteiger partial charge in [-0.15, -0.1) is 0 Å². The van der Waals surface area contributed by atoms with Crippen molar-refractivity contribution in [2.75, 3.05) is 20.2 Å². The Morgan fingerprint density at radius 2 is 2.00 bits per heavy atom. The van der Waals surface area contributed by atoms with Crippen LogP contribution < -0.4 is 5.73 Å². The van der Waals surface area contributed by atoms with Crippen LogP contribution in [0.2, 0.25) is 0 Å². The van der Waals surface area contributed by atoms with Gasteiger partial charge >= 0.3 is 6.09 Å². The highest BCUT2D eigenvalue weighted by atomic mass is 16.6. The van der Waals surface area contributed by atoms with Gasteiger partial charge in [-0.1, -0.05) is 0 Å². The Morgan fingerprint density at radius 3 is 2.47 bits per heavy atom. The molecule has 6 nitrogen and oxygen atoms in total. The molecule has 0 spiro atoms. The van der Waals surface area contributed by atoms with Gasteiger partial charge in [-0.3, -0.25) is 4.79 Å². The zero-order valence-corrected chi connectivity index (χ0v) is 12.1. The van der Waals surface area contributed by atoms with Crippen molar-refractivity contribution in [3.63, 3.8) is 0 Å². The van der Waals surface area contributed by atoms with Crippen molar-refractivity contribution in [1.29, 1.82) is 0 Å². The highest BCUT2D eigenvalue weighted by Crippen LogP contribution is 2.23. The molecule has 2 unspecified atom stereocenters. The second-order valence-corrected chi connectivity index (χ2v) is 5.89. The predicted octanol–water partition coefficient (Wildman–Crippen LogP) is 1.13. The Morgan fingerprint density at radius 1 is 1.37 bits per heavy atom. The van der Waals surface area contributed by atoms with Crippen LogP contribution in [0.3, 0.4) is 0 Å². The summed E-state index contributed by atoms with van der Waals surface area (Å²) in [5, 5.41) is 0. The van der Waals surface area contributed by atoms with Gasteiger partial charge in [0.25, 0.3) is 0 Å². The van der Waals surface area contributed by atoms with Crippen LogP contribution in [-0.4, -0.2) is 48.8 Å². The van der Waals surface area contributed by atoms with E-state index in [9.17, 15) is 9.59 Å². The number of nitrogens with two attached hydrogens (primary N) is 1. The molecule has 1 aliphatic rings. The number of primary amides is 1. The van der Waals surface area contributed by atoms with E-state index < -0.39 is 17.6 Å². The second-order valence-electron chi connectivity index (χ2n) is 5.89. The largest absolute Gasteiger partial charge is 0.444 e. The average molecular weight is 272 g/mol. The van der Waals surface area contributed by atoms with Gasteiger partial charge < -0.3 is 20.1 Å². The standard InChI is InChI=1S/C13H24N2O4/c1-13(2,3)19-12(17)15-7-5-6-9(8-15)10(18-4)11(14)16/h9-10H,5-8H2,1-4H3,(H2,14,16). The van der Waals surface area contributed by atoms with Crippen LogP contribution >= 0.6 is 0 Å². The molecule has 0 radical (unpaired) electrons. The first-order chi connectivity index (χ1) is 8.74. The van der Waals surface area contributed by atoms with Crippen LogP contribution in [0.5, 0.6) is 0 Å². The number of amides is 2. The number of ether oxygens (including phenoxy) is 2. The summed E-state index contributed by atoms with van der Waals surface area (Å²) in [6.45, 7) is 6.56. The molecule has 110 valence electrons. The van der Waals surface area contributed by atoms with E-state index in [0.29, 0.717) is 13.1 Å². The minimum absolute atomic E-state index is 0.0660. The number of rotatable bonds is 3. The normalized spacial score (nSPS) is 21.9. The van der Waals surface area contributed by atoms with E-state index in [2.05, 4.69) is 0 Å². The number of hydrogen-bond donors (Lipinski definition) is 1. The molecule has 0 aromatic carbocycles. The van der Waals surface area contributed by atoms with Crippen LogP contribution in [0.15, 0.2) is 0 Å². The number of likely N-dealkylation sites (tertiary alicyclic amines) is 1. The molecule has 0 saturated carbocycles. The molecule has 0 aromatic rings. The molecule has 1 rings (SSSR count). The van der Waals surface area contributed by atoms with E-state index in [1.54, 1.807) is 4.90 Å². The molecule has 2 atom stereocenters. The molecule has 2 N–H and O–H groups in total. The third kappa shape index (κ3) is 4.70. The summed E-state index contributed by atoms with van der Waals surface area (Å²) < 4.78 is 10.5. The highest BCUT2D eigenvalue weighted by molar-refractivity contribution is 5.79. The molecule has 6 heteroatoms. The minimum atomic E-state index is -0.648. The van der Waals surface area contributed by atoms with Gasteiger partial charge in [0.15, 0.2) is 0 Å². The summed E-state index contributed by atoms with van der Waals surface area (Å²) in [5.74, 6) is -0.553. The molecule has 19 heavy (non-hydrogen) atoms. The number of hydrogen-bond acceptors (Lipinski definition) is 4. The first-order valence-electron chi connectivity index (χ1n) is 6.54. The predicted molar refractivity (Wildman–Crippen MR) is 70.5 cm³/mol. The first kappa shape index (κ1) is 15.8. The molecule has 2 amide bonds. The molecule has 0 bridgehead atoms. The van der Waals surface area contributed by atoms with Crippen LogP contribution in [0.1, 0.15) is 33.6 Å². The molecule has 0 aliphatic carbocycles. The molecular formula is C13H24N2O4. The van der Waals surface area contributed by atoms with E-state index in [-0.39, 0.29) is 12.0 Å². The molecular weight excluding hydrogens is 248 g/mol. The molecule has 1 aliphatic heterocycles. The lowest BCUT2D eigenvalue weighted by Gasteiger charge is -2.36. The van der Waals surface area contributed by atoms with Gasteiger partial charge in [0, 0.05) is 26.1 Å². The Bertz CT molecular complexity index is 338. The topological polar surface area (TPSA) is 81.9 Å². The number of methoxy groups -OCH3 is 1. The number of nitrogens with zero attached hydrogens (tertiary/aromatic N) is 1. The summed E-state index contributed by atoms with van der Waals surface area (Å²) in [6, 6.07) is 0.